The van der Waals surface area contributed by atoms with Gasteiger partial charge >= 0.3 is 5.97 Å². The highest BCUT2D eigenvalue weighted by molar-refractivity contribution is 5.99. The number of hydrogen-bond donors (Lipinski definition) is 2. The molecule has 4 heterocycles. The third kappa shape index (κ3) is 4.81. The summed E-state index contributed by atoms with van der Waals surface area (Å²) in [6.45, 7) is 7.53. The molecule has 0 radical (unpaired) electrons. The van der Waals surface area contributed by atoms with Crippen molar-refractivity contribution in [3.63, 3.8) is 0 Å². The van der Waals surface area contributed by atoms with E-state index in [2.05, 4.69) is 5.32 Å². The lowest BCUT2D eigenvalue weighted by Crippen LogP contribution is -2.59. The van der Waals surface area contributed by atoms with Crippen LogP contribution >= 0.6 is 0 Å². The lowest BCUT2D eigenvalue weighted by molar-refractivity contribution is -0.159. The topological polar surface area (TPSA) is 125 Å². The largest absolute Gasteiger partial charge is 0.460 e. The standard InChI is InChI=1S/C27H39N3O7/c1-5-9-16(2)29-13-8-6-7-10-20(32)28-14-18(4)36-26(35)21-19-11-12-27(37-19)22(21)24(33)30(17(3)15-31)23(27)25(29)34/h6,8,11-12,16-19,21-23,31H,5,7,9-10,13-15H2,1-4H3,(H,28,32)/b8-6-/t16?,17-,18+,19-,21+,22+,23-,27+/m1/s1. The van der Waals surface area contributed by atoms with Gasteiger partial charge in [0.25, 0.3) is 0 Å². The fraction of sp³-hybridized carbons (Fsp3) is 0.704. The Labute approximate surface area is 218 Å². The highest BCUT2D eigenvalue weighted by Crippen LogP contribution is 2.56. The molecule has 204 valence electrons. The zero-order valence-electron chi connectivity index (χ0n) is 22.1. The van der Waals surface area contributed by atoms with E-state index in [1.54, 1.807) is 30.9 Å². The summed E-state index contributed by atoms with van der Waals surface area (Å²) in [4.78, 5) is 56.9. The van der Waals surface area contributed by atoms with Crippen LogP contribution in [0.2, 0.25) is 0 Å². The van der Waals surface area contributed by atoms with E-state index in [9.17, 15) is 24.3 Å². The van der Waals surface area contributed by atoms with Gasteiger partial charge in [0.15, 0.2) is 0 Å². The molecule has 5 bridgehead atoms. The van der Waals surface area contributed by atoms with Crippen LogP contribution in [0.1, 0.15) is 53.4 Å². The fourth-order valence-corrected chi connectivity index (χ4v) is 6.12. The predicted molar refractivity (Wildman–Crippen MR) is 134 cm³/mol. The molecule has 4 aliphatic heterocycles. The van der Waals surface area contributed by atoms with Gasteiger partial charge in [-0.2, -0.15) is 0 Å². The number of nitrogens with zero attached hydrogens (tertiary/aromatic N) is 2. The molecule has 0 aromatic carbocycles. The van der Waals surface area contributed by atoms with Gasteiger partial charge in [-0.3, -0.25) is 19.2 Å². The molecule has 3 amide bonds. The van der Waals surface area contributed by atoms with Crippen LogP contribution in [0.5, 0.6) is 0 Å². The van der Waals surface area contributed by atoms with Crippen molar-refractivity contribution in [2.24, 2.45) is 11.8 Å². The maximum Gasteiger partial charge on any atom is 0.313 e. The summed E-state index contributed by atoms with van der Waals surface area (Å²) in [5, 5.41) is 12.8. The Bertz CT molecular complexity index is 981. The zero-order valence-corrected chi connectivity index (χ0v) is 22.1. The number of aliphatic hydroxyl groups is 1. The number of cyclic esters (lactones) is 1. The second-order valence-corrected chi connectivity index (χ2v) is 10.7. The molecule has 0 aliphatic carbocycles. The molecule has 1 spiro atoms. The number of allylic oxidation sites excluding steroid dienone is 1. The lowest BCUT2D eigenvalue weighted by Gasteiger charge is -2.39. The number of nitrogens with one attached hydrogen (secondary N) is 1. The van der Waals surface area contributed by atoms with Crippen molar-refractivity contribution >= 4 is 23.7 Å². The molecular weight excluding hydrogens is 478 g/mol. The SMILES string of the molecule is CCCC(C)N1C/C=C\CCC(=O)NC[C@H](C)OC(=O)[C@@H]2[C@H]3C(=O)N([C@H](C)CO)[C@H](C1=O)[C@]31C=C[C@H]2O1. The van der Waals surface area contributed by atoms with Crippen LogP contribution < -0.4 is 5.32 Å². The third-order valence-corrected chi connectivity index (χ3v) is 7.99. The van der Waals surface area contributed by atoms with E-state index in [-0.39, 0.29) is 37.4 Å². The number of hydrogen-bond acceptors (Lipinski definition) is 7. The van der Waals surface area contributed by atoms with E-state index >= 15 is 0 Å². The van der Waals surface area contributed by atoms with Crippen molar-refractivity contribution in [1.82, 2.24) is 15.1 Å². The minimum atomic E-state index is -1.31. The van der Waals surface area contributed by atoms with Crippen molar-refractivity contribution in [2.45, 2.75) is 89.3 Å². The molecule has 2 saturated heterocycles. The van der Waals surface area contributed by atoms with Gasteiger partial charge < -0.3 is 29.7 Å². The molecule has 0 saturated carbocycles. The van der Waals surface area contributed by atoms with E-state index in [4.69, 9.17) is 9.47 Å². The third-order valence-electron chi connectivity index (χ3n) is 7.99. The Morgan fingerprint density at radius 2 is 1.92 bits per heavy atom. The summed E-state index contributed by atoms with van der Waals surface area (Å²) < 4.78 is 12.0. The van der Waals surface area contributed by atoms with Crippen molar-refractivity contribution in [1.29, 1.82) is 0 Å². The van der Waals surface area contributed by atoms with E-state index in [0.29, 0.717) is 13.0 Å². The molecule has 4 aliphatic rings. The number of carbonyl (C=O) groups excluding carboxylic acids is 4. The Balaban J connectivity index is 1.78. The Kier molecular flexibility index (Phi) is 8.08. The van der Waals surface area contributed by atoms with Crippen molar-refractivity contribution in [2.75, 3.05) is 19.7 Å². The number of esters is 1. The summed E-state index contributed by atoms with van der Waals surface area (Å²) in [5.74, 6) is -3.28. The summed E-state index contributed by atoms with van der Waals surface area (Å²) in [6, 6.07) is -1.78. The first-order valence-corrected chi connectivity index (χ1v) is 13.4. The highest BCUT2D eigenvalue weighted by atomic mass is 16.6. The molecule has 0 aromatic rings. The van der Waals surface area contributed by atoms with Gasteiger partial charge in [-0.25, -0.2) is 0 Å². The molecule has 2 fully saturated rings. The first-order valence-electron chi connectivity index (χ1n) is 13.4. The van der Waals surface area contributed by atoms with Crippen LogP contribution in [0.15, 0.2) is 24.3 Å². The number of aliphatic hydroxyl groups excluding tert-OH is 1. The second kappa shape index (κ2) is 10.9. The van der Waals surface area contributed by atoms with Gasteiger partial charge in [0.1, 0.15) is 23.7 Å². The second-order valence-electron chi connectivity index (χ2n) is 10.7. The van der Waals surface area contributed by atoms with E-state index < -0.39 is 53.6 Å². The smallest absolute Gasteiger partial charge is 0.313 e. The summed E-state index contributed by atoms with van der Waals surface area (Å²) in [7, 11) is 0. The van der Waals surface area contributed by atoms with Gasteiger partial charge in [-0.15, -0.1) is 0 Å². The summed E-state index contributed by atoms with van der Waals surface area (Å²) >= 11 is 0. The van der Waals surface area contributed by atoms with Gasteiger partial charge in [0.05, 0.1) is 31.2 Å². The van der Waals surface area contributed by atoms with Gasteiger partial charge in [0.2, 0.25) is 17.7 Å². The average molecular weight is 518 g/mol. The number of ether oxygens (including phenoxy) is 2. The summed E-state index contributed by atoms with van der Waals surface area (Å²) in [5.41, 5.74) is -1.31. The molecule has 10 nitrogen and oxygen atoms in total. The monoisotopic (exact) mass is 517 g/mol. The number of fused-ring (bicyclic) bond motifs is 2. The molecular formula is C27H39N3O7. The van der Waals surface area contributed by atoms with E-state index in [1.165, 1.54) is 4.90 Å². The Morgan fingerprint density at radius 1 is 1.16 bits per heavy atom. The predicted octanol–water partition coefficient (Wildman–Crippen LogP) is 0.933. The highest BCUT2D eigenvalue weighted by Gasteiger charge is 2.74. The number of amides is 3. The molecule has 1 unspecified atom stereocenters. The lowest BCUT2D eigenvalue weighted by atomic mass is 9.74. The minimum absolute atomic E-state index is 0.117. The van der Waals surface area contributed by atoms with Crippen LogP contribution in [0, 0.1) is 11.8 Å². The Hall–Kier alpha value is -2.72. The fourth-order valence-electron chi connectivity index (χ4n) is 6.12. The van der Waals surface area contributed by atoms with Gasteiger partial charge in [-0.1, -0.05) is 37.6 Å². The summed E-state index contributed by atoms with van der Waals surface area (Å²) in [6.07, 6.45) is 8.37. The zero-order chi connectivity index (χ0) is 26.9. The maximum atomic E-state index is 14.3. The van der Waals surface area contributed by atoms with Crippen LogP contribution in [0.4, 0.5) is 0 Å². The molecule has 10 heteroatoms. The molecule has 2 N–H and O–H groups in total. The Morgan fingerprint density at radius 3 is 2.62 bits per heavy atom. The van der Waals surface area contributed by atoms with E-state index in [0.717, 1.165) is 12.8 Å². The molecule has 37 heavy (non-hydrogen) atoms. The average Bonchev–Trinajstić information content (AvgIpc) is 3.51. The molecule has 8 atom stereocenters. The van der Waals surface area contributed by atoms with Crippen LogP contribution in [-0.4, -0.2) is 94.2 Å². The number of likely N-dealkylation sites (tertiary alicyclic amines) is 1. The first kappa shape index (κ1) is 27.3. The first-order chi connectivity index (χ1) is 17.7. The molecule has 4 rings (SSSR count). The van der Waals surface area contributed by atoms with Crippen molar-refractivity contribution < 1.29 is 33.8 Å². The van der Waals surface area contributed by atoms with E-state index in [1.807, 2.05) is 26.0 Å². The van der Waals surface area contributed by atoms with Crippen molar-refractivity contribution in [3.05, 3.63) is 24.3 Å². The van der Waals surface area contributed by atoms with Crippen molar-refractivity contribution in [3.8, 4) is 0 Å². The van der Waals surface area contributed by atoms with Crippen LogP contribution in [0.3, 0.4) is 0 Å². The number of carbonyl (C=O) groups is 4. The van der Waals surface area contributed by atoms with Crippen LogP contribution in [0.25, 0.3) is 0 Å². The normalized spacial score (nSPS) is 36.8. The van der Waals surface area contributed by atoms with Gasteiger partial charge in [0, 0.05) is 19.0 Å². The van der Waals surface area contributed by atoms with Crippen LogP contribution in [-0.2, 0) is 28.7 Å². The molecule has 0 aromatic heterocycles. The quantitative estimate of drug-likeness (QED) is 0.411. The maximum absolute atomic E-state index is 14.3. The van der Waals surface area contributed by atoms with Gasteiger partial charge in [-0.05, 0) is 33.6 Å². The number of rotatable bonds is 5. The minimum Gasteiger partial charge on any atom is -0.460 e.